The zero-order chi connectivity index (χ0) is 20.6. The standard InChI is InChI=1S/C25H36N2O2/c1-24(2,3)20-7-9-21(10-8-20)25(13-14-25)23(29)27-17-11-19(12-18-27)22(28)26-15-5-4-6-16-26/h7-10,19H,4-6,11-18H2,1-3H3. The highest BCUT2D eigenvalue weighted by Gasteiger charge is 2.53. The monoisotopic (exact) mass is 396 g/mol. The fraction of sp³-hybridized carbons (Fsp3) is 0.680. The Morgan fingerprint density at radius 3 is 1.97 bits per heavy atom. The molecule has 29 heavy (non-hydrogen) atoms. The third kappa shape index (κ3) is 4.08. The Morgan fingerprint density at radius 1 is 0.862 bits per heavy atom. The predicted octanol–water partition coefficient (Wildman–Crippen LogP) is 4.27. The second kappa shape index (κ2) is 7.77. The third-order valence-electron chi connectivity index (χ3n) is 7.26. The van der Waals surface area contributed by atoms with Gasteiger partial charge in [-0.25, -0.2) is 0 Å². The molecule has 4 heteroatoms. The molecule has 1 aliphatic carbocycles. The molecule has 2 amide bonds. The van der Waals surface area contributed by atoms with E-state index in [9.17, 15) is 9.59 Å². The summed E-state index contributed by atoms with van der Waals surface area (Å²) in [6.45, 7) is 9.95. The summed E-state index contributed by atoms with van der Waals surface area (Å²) in [5, 5.41) is 0. The van der Waals surface area contributed by atoms with Gasteiger partial charge in [-0.15, -0.1) is 0 Å². The summed E-state index contributed by atoms with van der Waals surface area (Å²) in [4.78, 5) is 30.3. The van der Waals surface area contributed by atoms with Crippen LogP contribution >= 0.6 is 0 Å². The quantitative estimate of drug-likeness (QED) is 0.766. The van der Waals surface area contributed by atoms with Crippen LogP contribution in [0.3, 0.4) is 0 Å². The second-order valence-electron chi connectivity index (χ2n) is 10.4. The van der Waals surface area contributed by atoms with Gasteiger partial charge in [0, 0.05) is 32.1 Å². The number of carbonyl (C=O) groups is 2. The molecule has 1 aromatic rings. The smallest absolute Gasteiger partial charge is 0.233 e. The molecule has 158 valence electrons. The number of benzene rings is 1. The van der Waals surface area contributed by atoms with E-state index in [-0.39, 0.29) is 22.7 Å². The van der Waals surface area contributed by atoms with Gasteiger partial charge >= 0.3 is 0 Å². The Balaban J connectivity index is 1.37. The summed E-state index contributed by atoms with van der Waals surface area (Å²) < 4.78 is 0. The van der Waals surface area contributed by atoms with Crippen LogP contribution in [0.5, 0.6) is 0 Å². The maximum Gasteiger partial charge on any atom is 0.233 e. The van der Waals surface area contributed by atoms with E-state index in [0.29, 0.717) is 5.91 Å². The van der Waals surface area contributed by atoms with Crippen LogP contribution in [0.2, 0.25) is 0 Å². The van der Waals surface area contributed by atoms with Crippen molar-refractivity contribution in [3.8, 4) is 0 Å². The highest BCUT2D eigenvalue weighted by molar-refractivity contribution is 5.91. The van der Waals surface area contributed by atoms with Gasteiger partial charge < -0.3 is 9.80 Å². The van der Waals surface area contributed by atoms with Crippen molar-refractivity contribution in [2.45, 2.75) is 76.5 Å². The van der Waals surface area contributed by atoms with Crippen molar-refractivity contribution in [2.24, 2.45) is 5.92 Å². The minimum atomic E-state index is -0.305. The number of amides is 2. The lowest BCUT2D eigenvalue weighted by atomic mass is 9.84. The van der Waals surface area contributed by atoms with E-state index in [1.165, 1.54) is 17.5 Å². The Bertz CT molecular complexity index is 744. The second-order valence-corrected chi connectivity index (χ2v) is 10.4. The molecule has 0 unspecified atom stereocenters. The third-order valence-corrected chi connectivity index (χ3v) is 7.26. The van der Waals surface area contributed by atoms with Gasteiger partial charge in [-0.3, -0.25) is 9.59 Å². The Kier molecular flexibility index (Phi) is 5.48. The molecular formula is C25H36N2O2. The molecule has 0 aromatic heterocycles. The Morgan fingerprint density at radius 2 is 1.45 bits per heavy atom. The first-order chi connectivity index (χ1) is 13.8. The minimum absolute atomic E-state index is 0.110. The highest BCUT2D eigenvalue weighted by Crippen LogP contribution is 2.50. The van der Waals surface area contributed by atoms with Crippen molar-refractivity contribution in [3.63, 3.8) is 0 Å². The molecule has 4 rings (SSSR count). The lowest BCUT2D eigenvalue weighted by Crippen LogP contribution is -2.48. The van der Waals surface area contributed by atoms with E-state index in [4.69, 9.17) is 0 Å². The van der Waals surface area contributed by atoms with E-state index in [1.807, 2.05) is 4.90 Å². The van der Waals surface area contributed by atoms with Crippen molar-refractivity contribution < 1.29 is 9.59 Å². The van der Waals surface area contributed by atoms with Gasteiger partial charge in [0.2, 0.25) is 11.8 Å². The molecule has 4 nitrogen and oxygen atoms in total. The molecule has 3 aliphatic rings. The van der Waals surface area contributed by atoms with Crippen LogP contribution in [0.25, 0.3) is 0 Å². The van der Waals surface area contributed by atoms with Gasteiger partial charge in [0.25, 0.3) is 0 Å². The van der Waals surface area contributed by atoms with Gasteiger partial charge in [0.1, 0.15) is 0 Å². The maximum absolute atomic E-state index is 13.4. The molecule has 1 saturated carbocycles. The molecule has 0 spiro atoms. The van der Waals surface area contributed by atoms with E-state index < -0.39 is 0 Å². The normalized spacial score (nSPS) is 22.4. The molecule has 2 aliphatic heterocycles. The zero-order valence-corrected chi connectivity index (χ0v) is 18.4. The molecule has 0 radical (unpaired) electrons. The summed E-state index contributed by atoms with van der Waals surface area (Å²) in [5.74, 6) is 0.721. The fourth-order valence-electron chi connectivity index (χ4n) is 5.04. The van der Waals surface area contributed by atoms with Crippen molar-refractivity contribution in [3.05, 3.63) is 35.4 Å². The summed E-state index contributed by atoms with van der Waals surface area (Å²) in [7, 11) is 0. The number of piperidine rings is 2. The summed E-state index contributed by atoms with van der Waals surface area (Å²) in [6.07, 6.45) is 7.07. The number of likely N-dealkylation sites (tertiary alicyclic amines) is 2. The molecule has 3 fully saturated rings. The minimum Gasteiger partial charge on any atom is -0.342 e. The first-order valence-electron chi connectivity index (χ1n) is 11.5. The molecule has 1 aromatic carbocycles. The maximum atomic E-state index is 13.4. The van der Waals surface area contributed by atoms with Crippen molar-refractivity contribution in [1.82, 2.24) is 9.80 Å². The Labute approximate surface area is 175 Å². The highest BCUT2D eigenvalue weighted by atomic mass is 16.2. The van der Waals surface area contributed by atoms with Gasteiger partial charge in [-0.2, -0.15) is 0 Å². The molecule has 0 N–H and O–H groups in total. The number of hydrogen-bond donors (Lipinski definition) is 0. The lowest BCUT2D eigenvalue weighted by molar-refractivity contribution is -0.142. The van der Waals surface area contributed by atoms with Crippen molar-refractivity contribution in [2.75, 3.05) is 26.2 Å². The average Bonchev–Trinajstić information content (AvgIpc) is 3.55. The lowest BCUT2D eigenvalue weighted by Gasteiger charge is -2.37. The van der Waals surface area contributed by atoms with E-state index in [2.05, 4.69) is 49.9 Å². The fourth-order valence-corrected chi connectivity index (χ4v) is 5.04. The van der Waals surface area contributed by atoms with Crippen LogP contribution in [0.4, 0.5) is 0 Å². The van der Waals surface area contributed by atoms with E-state index in [1.54, 1.807) is 0 Å². The average molecular weight is 397 g/mol. The molecular weight excluding hydrogens is 360 g/mol. The largest absolute Gasteiger partial charge is 0.342 e. The SMILES string of the molecule is CC(C)(C)c1ccc(C2(C(=O)N3CCC(C(=O)N4CCCCC4)CC3)CC2)cc1. The predicted molar refractivity (Wildman–Crippen MR) is 116 cm³/mol. The van der Waals surface area contributed by atoms with Crippen molar-refractivity contribution >= 4 is 11.8 Å². The van der Waals surface area contributed by atoms with Crippen molar-refractivity contribution in [1.29, 1.82) is 0 Å². The summed E-state index contributed by atoms with van der Waals surface area (Å²) >= 11 is 0. The van der Waals surface area contributed by atoms with Crippen LogP contribution in [-0.4, -0.2) is 47.8 Å². The summed E-state index contributed by atoms with van der Waals surface area (Å²) in [6, 6.07) is 8.70. The van der Waals surface area contributed by atoms with Crippen LogP contribution in [0.1, 0.15) is 76.8 Å². The van der Waals surface area contributed by atoms with Crippen LogP contribution < -0.4 is 0 Å². The van der Waals surface area contributed by atoms with Gasteiger partial charge in [0.15, 0.2) is 0 Å². The number of hydrogen-bond acceptors (Lipinski definition) is 2. The van der Waals surface area contributed by atoms with Crippen LogP contribution in [0, 0.1) is 5.92 Å². The molecule has 0 atom stereocenters. The number of nitrogens with zero attached hydrogens (tertiary/aromatic N) is 2. The molecule has 0 bridgehead atoms. The van der Waals surface area contributed by atoms with E-state index >= 15 is 0 Å². The van der Waals surface area contributed by atoms with E-state index in [0.717, 1.165) is 64.7 Å². The number of rotatable bonds is 3. The topological polar surface area (TPSA) is 40.6 Å². The van der Waals surface area contributed by atoms with Gasteiger partial charge in [-0.05, 0) is 61.5 Å². The first-order valence-corrected chi connectivity index (χ1v) is 11.5. The molecule has 2 heterocycles. The van der Waals surface area contributed by atoms with Crippen LogP contribution in [0.15, 0.2) is 24.3 Å². The van der Waals surface area contributed by atoms with Gasteiger partial charge in [0.05, 0.1) is 5.41 Å². The molecule has 2 saturated heterocycles. The van der Waals surface area contributed by atoms with Gasteiger partial charge in [-0.1, -0.05) is 45.0 Å². The zero-order valence-electron chi connectivity index (χ0n) is 18.4. The number of carbonyl (C=O) groups excluding carboxylic acids is 2. The Hall–Kier alpha value is -1.84. The van der Waals surface area contributed by atoms with Crippen LogP contribution in [-0.2, 0) is 20.4 Å². The first kappa shape index (κ1) is 20.4. The summed E-state index contributed by atoms with van der Waals surface area (Å²) in [5.41, 5.74) is 2.30.